The number of halogens is 3. The van der Waals surface area contributed by atoms with E-state index in [-0.39, 0.29) is 17.8 Å². The average molecular weight is 620 g/mol. The lowest BCUT2D eigenvalue weighted by Crippen LogP contribution is -2.46. The molecule has 10 heteroatoms. The number of hydrogen-bond acceptors (Lipinski definition) is 7. The molecule has 0 fully saturated rings. The third-order valence-electron chi connectivity index (χ3n) is 7.47. The van der Waals surface area contributed by atoms with Crippen LogP contribution in [0.25, 0.3) is 22.1 Å². The first-order valence-corrected chi connectivity index (χ1v) is 14.8. The minimum absolute atomic E-state index is 0.0706. The molecule has 0 bridgehead atoms. The van der Waals surface area contributed by atoms with Crippen LogP contribution in [-0.2, 0) is 9.53 Å². The lowest BCUT2D eigenvalue weighted by Gasteiger charge is -2.36. The van der Waals surface area contributed by atoms with Crippen molar-refractivity contribution < 1.29 is 36.6 Å². The summed E-state index contributed by atoms with van der Waals surface area (Å²) in [6.45, 7) is 10.8. The van der Waals surface area contributed by atoms with Gasteiger partial charge in [0.15, 0.2) is 0 Å². The Morgan fingerprint density at radius 1 is 0.909 bits per heavy atom. The van der Waals surface area contributed by atoms with Crippen LogP contribution >= 0.6 is 0 Å². The average Bonchev–Trinajstić information content (AvgIpc) is 2.92. The molecule has 0 aliphatic rings. The number of carbonyl (C=O) groups is 1. The third kappa shape index (κ3) is 9.24. The zero-order chi connectivity index (χ0) is 32.9. The van der Waals surface area contributed by atoms with Gasteiger partial charge in [0, 0.05) is 17.0 Å². The quantitative estimate of drug-likeness (QED) is 0.118. The van der Waals surface area contributed by atoms with E-state index < -0.39 is 53.3 Å². The number of esters is 1. The van der Waals surface area contributed by atoms with Crippen molar-refractivity contribution in [1.82, 2.24) is 0 Å². The van der Waals surface area contributed by atoms with Gasteiger partial charge >= 0.3 is 17.8 Å². The van der Waals surface area contributed by atoms with E-state index in [9.17, 15) is 22.8 Å². The molecule has 0 spiro atoms. The maximum absolute atomic E-state index is 14.2. The summed E-state index contributed by atoms with van der Waals surface area (Å²) in [5.41, 5.74) is 2.85. The van der Waals surface area contributed by atoms with Crippen LogP contribution in [0.4, 0.5) is 13.2 Å². The molecule has 2 unspecified atom stereocenters. The van der Waals surface area contributed by atoms with Gasteiger partial charge in [-0.1, -0.05) is 46.2 Å². The van der Waals surface area contributed by atoms with E-state index in [4.69, 9.17) is 24.4 Å². The standard InChI is InChI=1S/C34H44F3NO6/c1-8-9-16-41-24-13-10-22(11-14-24)26-17-23-12-15-25(18-28(23)44-29(26)39)42-20-33(7,34(35,36)37)21-43-30(40)27(31(2,3)4)19-32(5,6)38/h10-15,17-18,27H,8-9,16,19-21,38H2,1-7H3. The van der Waals surface area contributed by atoms with E-state index in [0.29, 0.717) is 28.9 Å². The van der Waals surface area contributed by atoms with Gasteiger partial charge in [0.1, 0.15) is 35.7 Å². The smallest absolute Gasteiger partial charge is 0.400 e. The second-order valence-corrected chi connectivity index (χ2v) is 13.4. The molecule has 0 saturated heterocycles. The summed E-state index contributed by atoms with van der Waals surface area (Å²) < 4.78 is 64.6. The zero-order valence-electron chi connectivity index (χ0n) is 26.6. The number of ether oxygens (including phenoxy) is 3. The van der Waals surface area contributed by atoms with Gasteiger partial charge in [0.2, 0.25) is 0 Å². The van der Waals surface area contributed by atoms with Crippen LogP contribution in [0, 0.1) is 16.7 Å². The molecule has 0 aliphatic heterocycles. The zero-order valence-corrected chi connectivity index (χ0v) is 26.6. The number of hydrogen-bond donors (Lipinski definition) is 1. The molecule has 0 amide bonds. The predicted octanol–water partition coefficient (Wildman–Crippen LogP) is 7.92. The number of unbranched alkanes of at least 4 members (excludes halogenated alkanes) is 1. The molecule has 2 aromatic carbocycles. The van der Waals surface area contributed by atoms with Crippen LogP contribution < -0.4 is 20.8 Å². The Balaban J connectivity index is 1.75. The van der Waals surface area contributed by atoms with Gasteiger partial charge in [-0.05, 0) is 74.9 Å². The van der Waals surface area contributed by atoms with E-state index in [0.717, 1.165) is 19.8 Å². The van der Waals surface area contributed by atoms with Crippen molar-refractivity contribution in [3.8, 4) is 22.6 Å². The highest BCUT2D eigenvalue weighted by Gasteiger charge is 2.53. The maximum Gasteiger partial charge on any atom is 0.400 e. The van der Waals surface area contributed by atoms with Gasteiger partial charge in [0.25, 0.3) is 0 Å². The maximum atomic E-state index is 14.2. The van der Waals surface area contributed by atoms with E-state index in [1.165, 1.54) is 12.1 Å². The highest BCUT2D eigenvalue weighted by atomic mass is 19.4. The molecule has 242 valence electrons. The molecule has 1 aromatic heterocycles. The van der Waals surface area contributed by atoms with Crippen molar-refractivity contribution in [2.24, 2.45) is 22.5 Å². The Morgan fingerprint density at radius 2 is 1.55 bits per heavy atom. The lowest BCUT2D eigenvalue weighted by molar-refractivity contribution is -0.241. The fourth-order valence-corrected chi connectivity index (χ4v) is 4.50. The summed E-state index contributed by atoms with van der Waals surface area (Å²) in [7, 11) is 0. The number of nitrogens with two attached hydrogens (primary N) is 1. The molecule has 0 radical (unpaired) electrons. The van der Waals surface area contributed by atoms with Crippen LogP contribution in [-0.4, -0.2) is 37.5 Å². The van der Waals surface area contributed by atoms with Crippen LogP contribution in [0.1, 0.15) is 67.7 Å². The third-order valence-corrected chi connectivity index (χ3v) is 7.47. The van der Waals surface area contributed by atoms with E-state index in [1.54, 1.807) is 50.2 Å². The van der Waals surface area contributed by atoms with Gasteiger partial charge in [0.05, 0.1) is 18.1 Å². The topological polar surface area (TPSA) is 101 Å². The highest BCUT2D eigenvalue weighted by molar-refractivity contribution is 5.82. The number of carbonyl (C=O) groups excluding carboxylic acids is 1. The van der Waals surface area contributed by atoms with Gasteiger partial charge in [-0.3, -0.25) is 4.79 Å². The number of fused-ring (bicyclic) bond motifs is 1. The van der Waals surface area contributed by atoms with Crippen molar-refractivity contribution >= 4 is 16.9 Å². The molecular formula is C34H44F3NO6. The first-order valence-electron chi connectivity index (χ1n) is 14.8. The Bertz CT molecular complexity index is 1470. The monoisotopic (exact) mass is 619 g/mol. The fraction of sp³-hybridized carbons (Fsp3) is 0.529. The number of benzene rings is 2. The van der Waals surface area contributed by atoms with Crippen molar-refractivity contribution in [3.05, 3.63) is 59.0 Å². The van der Waals surface area contributed by atoms with E-state index in [1.807, 2.05) is 20.8 Å². The van der Waals surface area contributed by atoms with Crippen LogP contribution in [0.15, 0.2) is 57.7 Å². The summed E-state index contributed by atoms with van der Waals surface area (Å²) >= 11 is 0. The van der Waals surface area contributed by atoms with Gasteiger partial charge < -0.3 is 24.4 Å². The fourth-order valence-electron chi connectivity index (χ4n) is 4.50. The Morgan fingerprint density at radius 3 is 2.11 bits per heavy atom. The molecule has 7 nitrogen and oxygen atoms in total. The van der Waals surface area contributed by atoms with Crippen LogP contribution in [0.2, 0.25) is 0 Å². The van der Waals surface area contributed by atoms with Gasteiger partial charge in [-0.15, -0.1) is 0 Å². The SMILES string of the molecule is CCCCOc1ccc(-c2cc3ccc(OCC(C)(COC(=O)C(CC(C)(C)N)C(C)(C)C)C(F)(F)F)cc3oc2=O)cc1. The summed E-state index contributed by atoms with van der Waals surface area (Å²) in [5.74, 6) is -0.677. The Labute approximate surface area is 256 Å². The molecule has 0 saturated carbocycles. The summed E-state index contributed by atoms with van der Waals surface area (Å²) in [5, 5.41) is 0.568. The molecule has 3 aromatic rings. The first-order chi connectivity index (χ1) is 20.3. The minimum Gasteiger partial charge on any atom is -0.494 e. The summed E-state index contributed by atoms with van der Waals surface area (Å²) in [6.07, 6.45) is -2.54. The second kappa shape index (κ2) is 13.6. The van der Waals surface area contributed by atoms with Crippen LogP contribution in [0.5, 0.6) is 11.5 Å². The summed E-state index contributed by atoms with van der Waals surface area (Å²) in [4.78, 5) is 25.8. The van der Waals surface area contributed by atoms with Gasteiger partial charge in [-0.2, -0.15) is 13.2 Å². The normalized spacial score (nSPS) is 14.6. The van der Waals surface area contributed by atoms with Crippen molar-refractivity contribution in [2.45, 2.75) is 79.4 Å². The predicted molar refractivity (Wildman–Crippen MR) is 165 cm³/mol. The Kier molecular flexibility index (Phi) is 10.8. The molecular weight excluding hydrogens is 575 g/mol. The second-order valence-electron chi connectivity index (χ2n) is 13.4. The number of rotatable bonds is 13. The van der Waals surface area contributed by atoms with Crippen molar-refractivity contribution in [3.63, 3.8) is 0 Å². The molecule has 3 rings (SSSR count). The largest absolute Gasteiger partial charge is 0.494 e. The van der Waals surface area contributed by atoms with E-state index >= 15 is 0 Å². The minimum atomic E-state index is -4.74. The summed E-state index contributed by atoms with van der Waals surface area (Å²) in [6, 6.07) is 13.2. The Hall–Kier alpha value is -3.53. The molecule has 1 heterocycles. The van der Waals surface area contributed by atoms with Gasteiger partial charge in [-0.25, -0.2) is 4.79 Å². The first kappa shape index (κ1) is 35.0. The molecule has 2 N–H and O–H groups in total. The molecule has 2 atom stereocenters. The lowest BCUT2D eigenvalue weighted by atomic mass is 9.74. The molecule has 44 heavy (non-hydrogen) atoms. The molecule has 0 aliphatic carbocycles. The van der Waals surface area contributed by atoms with Crippen molar-refractivity contribution in [1.29, 1.82) is 0 Å². The van der Waals surface area contributed by atoms with Crippen LogP contribution in [0.3, 0.4) is 0 Å². The van der Waals surface area contributed by atoms with E-state index in [2.05, 4.69) is 6.92 Å². The van der Waals surface area contributed by atoms with Crippen molar-refractivity contribution in [2.75, 3.05) is 19.8 Å². The highest BCUT2D eigenvalue weighted by Crippen LogP contribution is 2.40. The number of alkyl halides is 3.